The van der Waals surface area contributed by atoms with Gasteiger partial charge in [0.05, 0.1) is 0 Å². The third-order valence-corrected chi connectivity index (χ3v) is 0.787. The van der Waals surface area contributed by atoms with E-state index in [4.69, 9.17) is 0 Å². The Hall–Kier alpha value is -1.22. The van der Waals surface area contributed by atoms with Gasteiger partial charge in [-0.25, -0.2) is 0 Å². The second-order valence-corrected chi connectivity index (χ2v) is 1.44. The zero-order valence-electron chi connectivity index (χ0n) is 7.65. The minimum absolute atomic E-state index is 0.910. The van der Waals surface area contributed by atoms with Gasteiger partial charge in [0.2, 0.25) is 0 Å². The van der Waals surface area contributed by atoms with Crippen molar-refractivity contribution >= 4 is 0 Å². The largest absolute Gasteiger partial charge is 0.101 e. The summed E-state index contributed by atoms with van der Waals surface area (Å²) in [7, 11) is 0. The predicted octanol–water partition coefficient (Wildman–Crippen LogP) is 3.33. The molecule has 0 heterocycles. The summed E-state index contributed by atoms with van der Waals surface area (Å²) in [5.74, 6) is 5.62. The van der Waals surface area contributed by atoms with Crippen molar-refractivity contribution in [3.05, 3.63) is 37.0 Å². The fourth-order valence-corrected chi connectivity index (χ4v) is 0.432. The topological polar surface area (TPSA) is 0 Å². The molecule has 0 fully saturated rings. The van der Waals surface area contributed by atoms with Crippen molar-refractivity contribution in [2.45, 2.75) is 20.8 Å². The smallest absolute Gasteiger partial charge is 0.0239 e. The molecular weight excluding hydrogens is 132 g/mol. The molecule has 0 bridgehead atoms. The van der Waals surface area contributed by atoms with Crippen LogP contribution >= 0.6 is 0 Å². The van der Waals surface area contributed by atoms with Crippen molar-refractivity contribution in [2.75, 3.05) is 0 Å². The third-order valence-electron chi connectivity index (χ3n) is 0.787. The Bertz CT molecular complexity index is 184. The monoisotopic (exact) mass is 148 g/mol. The van der Waals surface area contributed by atoms with Crippen molar-refractivity contribution in [3.8, 4) is 11.8 Å². The number of allylic oxidation sites excluding steroid dienone is 4. The Labute approximate surface area is 70.3 Å². The first kappa shape index (κ1) is 12.5. The summed E-state index contributed by atoms with van der Waals surface area (Å²) in [6, 6.07) is 0. The highest BCUT2D eigenvalue weighted by molar-refractivity contribution is 5.38. The highest BCUT2D eigenvalue weighted by Gasteiger charge is 1.75. The minimum atomic E-state index is 0.910. The SMILES string of the molecule is C=C/C=C(/C#CC)C=C.CC. The lowest BCUT2D eigenvalue weighted by Gasteiger charge is -1.81. The quantitative estimate of drug-likeness (QED) is 0.416. The second-order valence-electron chi connectivity index (χ2n) is 1.44. The lowest BCUT2D eigenvalue weighted by Crippen LogP contribution is -1.66. The fourth-order valence-electron chi connectivity index (χ4n) is 0.432. The third kappa shape index (κ3) is 8.78. The molecule has 0 saturated carbocycles. The van der Waals surface area contributed by atoms with Gasteiger partial charge in [0, 0.05) is 5.57 Å². The van der Waals surface area contributed by atoms with Crippen LogP contribution in [0.4, 0.5) is 0 Å². The van der Waals surface area contributed by atoms with Crippen molar-refractivity contribution in [3.63, 3.8) is 0 Å². The second kappa shape index (κ2) is 11.6. The molecule has 0 aliphatic heterocycles. The lowest BCUT2D eigenvalue weighted by atomic mass is 10.2. The van der Waals surface area contributed by atoms with Crippen LogP contribution in [0.5, 0.6) is 0 Å². The Morgan fingerprint density at radius 2 is 1.82 bits per heavy atom. The first-order valence-corrected chi connectivity index (χ1v) is 3.73. The van der Waals surface area contributed by atoms with Crippen molar-refractivity contribution < 1.29 is 0 Å². The molecule has 0 spiro atoms. The van der Waals surface area contributed by atoms with Gasteiger partial charge in [0.1, 0.15) is 0 Å². The maximum atomic E-state index is 3.58. The lowest BCUT2D eigenvalue weighted by molar-refractivity contribution is 1.50. The van der Waals surface area contributed by atoms with E-state index in [9.17, 15) is 0 Å². The Morgan fingerprint density at radius 3 is 2.09 bits per heavy atom. The van der Waals surface area contributed by atoms with Gasteiger partial charge in [-0.3, -0.25) is 0 Å². The van der Waals surface area contributed by atoms with Crippen LogP contribution in [0.3, 0.4) is 0 Å². The van der Waals surface area contributed by atoms with E-state index in [0.29, 0.717) is 0 Å². The van der Waals surface area contributed by atoms with E-state index in [2.05, 4.69) is 25.0 Å². The van der Waals surface area contributed by atoms with Crippen LogP contribution in [-0.4, -0.2) is 0 Å². The van der Waals surface area contributed by atoms with E-state index in [1.807, 2.05) is 19.9 Å². The van der Waals surface area contributed by atoms with Crippen molar-refractivity contribution in [2.24, 2.45) is 0 Å². The van der Waals surface area contributed by atoms with Crippen LogP contribution in [0.2, 0.25) is 0 Å². The molecule has 60 valence electrons. The van der Waals surface area contributed by atoms with Crippen LogP contribution < -0.4 is 0 Å². The molecule has 0 aromatic rings. The zero-order valence-corrected chi connectivity index (χ0v) is 7.65. The van der Waals surface area contributed by atoms with E-state index in [1.54, 1.807) is 19.1 Å². The van der Waals surface area contributed by atoms with Gasteiger partial charge in [0.15, 0.2) is 0 Å². The molecule has 0 saturated heterocycles. The fraction of sp³-hybridized carbons (Fsp3) is 0.273. The molecular formula is C11H16. The molecule has 0 aliphatic rings. The van der Waals surface area contributed by atoms with Crippen molar-refractivity contribution in [1.82, 2.24) is 0 Å². The zero-order chi connectivity index (χ0) is 9.11. The van der Waals surface area contributed by atoms with Gasteiger partial charge >= 0.3 is 0 Å². The normalized spacial score (nSPS) is 8.09. The minimum Gasteiger partial charge on any atom is -0.101 e. The Morgan fingerprint density at radius 1 is 1.27 bits per heavy atom. The molecule has 0 heteroatoms. The molecule has 0 rings (SSSR count). The average molecular weight is 148 g/mol. The van der Waals surface area contributed by atoms with Gasteiger partial charge < -0.3 is 0 Å². The van der Waals surface area contributed by atoms with E-state index >= 15 is 0 Å². The van der Waals surface area contributed by atoms with Gasteiger partial charge in [-0.2, -0.15) is 0 Å². The highest BCUT2D eigenvalue weighted by Crippen LogP contribution is 1.91. The molecule has 0 amide bonds. The molecule has 0 N–H and O–H groups in total. The Balaban J connectivity index is 0. The van der Waals surface area contributed by atoms with E-state index in [1.165, 1.54) is 0 Å². The van der Waals surface area contributed by atoms with Crippen LogP contribution in [0.25, 0.3) is 0 Å². The molecule has 0 atom stereocenters. The van der Waals surface area contributed by atoms with Crippen LogP contribution in [0, 0.1) is 11.8 Å². The summed E-state index contributed by atoms with van der Waals surface area (Å²) in [6.45, 7) is 12.9. The molecule has 0 aromatic carbocycles. The molecule has 0 nitrogen and oxygen atoms in total. The van der Waals surface area contributed by atoms with Gasteiger partial charge in [-0.15, -0.1) is 5.92 Å². The number of rotatable bonds is 2. The van der Waals surface area contributed by atoms with Gasteiger partial charge in [-0.1, -0.05) is 45.1 Å². The molecule has 0 radical (unpaired) electrons. The van der Waals surface area contributed by atoms with Gasteiger partial charge in [-0.05, 0) is 13.0 Å². The molecule has 0 aromatic heterocycles. The van der Waals surface area contributed by atoms with E-state index in [-0.39, 0.29) is 0 Å². The summed E-state index contributed by atoms with van der Waals surface area (Å²) < 4.78 is 0. The van der Waals surface area contributed by atoms with E-state index < -0.39 is 0 Å². The van der Waals surface area contributed by atoms with Crippen LogP contribution in [0.1, 0.15) is 20.8 Å². The van der Waals surface area contributed by atoms with E-state index in [0.717, 1.165) is 5.57 Å². The van der Waals surface area contributed by atoms with Gasteiger partial charge in [0.25, 0.3) is 0 Å². The number of hydrogen-bond donors (Lipinski definition) is 0. The average Bonchev–Trinajstić information content (AvgIpc) is 2.08. The molecule has 11 heavy (non-hydrogen) atoms. The summed E-state index contributed by atoms with van der Waals surface area (Å²) in [5, 5.41) is 0. The maximum Gasteiger partial charge on any atom is 0.0239 e. The first-order valence-electron chi connectivity index (χ1n) is 3.73. The molecule has 0 aliphatic carbocycles. The molecule has 0 unspecified atom stereocenters. The Kier molecular flexibility index (Phi) is 13.1. The number of hydrogen-bond acceptors (Lipinski definition) is 0. The summed E-state index contributed by atoms with van der Waals surface area (Å²) in [4.78, 5) is 0. The standard InChI is InChI=1S/C9H10.C2H6/c1-4-7-9(6-3)8-5-2;1-2/h4,6-7H,1,3H2,2H3;1-2H3/b9-7+;. The maximum absolute atomic E-state index is 3.58. The van der Waals surface area contributed by atoms with Crippen molar-refractivity contribution in [1.29, 1.82) is 0 Å². The van der Waals surface area contributed by atoms with Crippen LogP contribution in [-0.2, 0) is 0 Å². The summed E-state index contributed by atoms with van der Waals surface area (Å²) in [5.41, 5.74) is 0.910. The predicted molar refractivity (Wildman–Crippen MR) is 53.3 cm³/mol. The summed E-state index contributed by atoms with van der Waals surface area (Å²) >= 11 is 0. The highest BCUT2D eigenvalue weighted by atomic mass is 13.8. The van der Waals surface area contributed by atoms with Crippen LogP contribution in [0.15, 0.2) is 37.0 Å². The first-order chi connectivity index (χ1) is 5.35. The summed E-state index contributed by atoms with van der Waals surface area (Å²) in [6.07, 6.45) is 5.23.